The average molecular weight is 480 g/mol. The Kier molecular flexibility index (Phi) is 9.09. The van der Waals surface area contributed by atoms with E-state index < -0.39 is 28.5 Å². The maximum atomic E-state index is 13.5. The van der Waals surface area contributed by atoms with Gasteiger partial charge in [-0.3, -0.25) is 13.9 Å². The molecule has 0 saturated heterocycles. The van der Waals surface area contributed by atoms with Crippen LogP contribution in [0.1, 0.15) is 31.4 Å². The highest BCUT2D eigenvalue weighted by atomic mass is 35.5. The summed E-state index contributed by atoms with van der Waals surface area (Å²) in [5.74, 6) is -0.749. The minimum Gasteiger partial charge on any atom is -0.355 e. The second-order valence-electron chi connectivity index (χ2n) is 7.53. The lowest BCUT2D eigenvalue weighted by Crippen LogP contribution is -2.52. The Morgan fingerprint density at radius 3 is 2.31 bits per heavy atom. The van der Waals surface area contributed by atoms with Crippen molar-refractivity contribution in [3.63, 3.8) is 0 Å². The molecule has 2 rings (SSSR count). The molecule has 0 heterocycles. The highest BCUT2D eigenvalue weighted by Gasteiger charge is 2.31. The van der Waals surface area contributed by atoms with Crippen molar-refractivity contribution in [1.82, 2.24) is 10.2 Å². The number of carbonyl (C=O) groups excluding carboxylic acids is 2. The van der Waals surface area contributed by atoms with E-state index in [1.165, 1.54) is 11.0 Å². The van der Waals surface area contributed by atoms with Crippen LogP contribution in [0.2, 0.25) is 5.02 Å². The monoisotopic (exact) mass is 479 g/mol. The molecule has 0 spiro atoms. The summed E-state index contributed by atoms with van der Waals surface area (Å²) in [5, 5.41) is 3.13. The summed E-state index contributed by atoms with van der Waals surface area (Å²) in [4.78, 5) is 27.6. The number of benzene rings is 2. The summed E-state index contributed by atoms with van der Waals surface area (Å²) in [6, 6.07) is 13.4. The lowest BCUT2D eigenvalue weighted by atomic mass is 10.1. The Bertz CT molecular complexity index is 1040. The third-order valence-corrected chi connectivity index (χ3v) is 6.41. The van der Waals surface area contributed by atoms with Gasteiger partial charge in [-0.25, -0.2) is 8.42 Å². The molecule has 2 aromatic carbocycles. The molecule has 0 unspecified atom stereocenters. The zero-order valence-electron chi connectivity index (χ0n) is 18.8. The molecule has 0 aromatic heterocycles. The standard InChI is InChI=1S/C23H30ClN3O4S/c1-5-20(23(29)25-6-2)26(15-18-10-8-7-9-11-18)22(28)16-27(32(4,30)31)21-14-19(24)13-12-17(21)3/h7-14,20H,5-6,15-16H2,1-4H3,(H,25,29)/t20-/m1/s1. The fourth-order valence-electron chi connectivity index (χ4n) is 3.44. The Hall–Kier alpha value is -2.58. The molecule has 2 aromatic rings. The molecule has 32 heavy (non-hydrogen) atoms. The van der Waals surface area contributed by atoms with E-state index in [9.17, 15) is 18.0 Å². The van der Waals surface area contributed by atoms with Gasteiger partial charge < -0.3 is 10.2 Å². The first-order valence-corrected chi connectivity index (χ1v) is 12.7. The maximum absolute atomic E-state index is 13.5. The molecule has 0 fully saturated rings. The highest BCUT2D eigenvalue weighted by Crippen LogP contribution is 2.27. The summed E-state index contributed by atoms with van der Waals surface area (Å²) in [6.07, 6.45) is 1.43. The van der Waals surface area contributed by atoms with Gasteiger partial charge in [0, 0.05) is 18.1 Å². The molecule has 174 valence electrons. The number of carbonyl (C=O) groups is 2. The number of halogens is 1. The smallest absolute Gasteiger partial charge is 0.244 e. The first kappa shape index (κ1) is 25.7. The number of hydrogen-bond acceptors (Lipinski definition) is 4. The second kappa shape index (κ2) is 11.3. The van der Waals surface area contributed by atoms with Crippen LogP contribution in [-0.2, 0) is 26.2 Å². The summed E-state index contributed by atoms with van der Waals surface area (Å²) in [6.45, 7) is 5.55. The first-order valence-electron chi connectivity index (χ1n) is 10.4. The van der Waals surface area contributed by atoms with Crippen molar-refractivity contribution in [3.05, 3.63) is 64.7 Å². The van der Waals surface area contributed by atoms with E-state index in [0.29, 0.717) is 29.2 Å². The molecule has 1 N–H and O–H groups in total. The summed E-state index contributed by atoms with van der Waals surface area (Å²) in [7, 11) is -3.79. The van der Waals surface area contributed by atoms with Gasteiger partial charge in [0.25, 0.3) is 0 Å². The van der Waals surface area contributed by atoms with Crippen LogP contribution in [-0.4, -0.2) is 50.5 Å². The summed E-state index contributed by atoms with van der Waals surface area (Å²) >= 11 is 6.10. The van der Waals surface area contributed by atoms with E-state index in [1.54, 1.807) is 26.0 Å². The molecule has 9 heteroatoms. The summed E-state index contributed by atoms with van der Waals surface area (Å²) < 4.78 is 26.3. The number of sulfonamides is 1. The molecule has 0 aliphatic rings. The number of nitrogens with zero attached hydrogens (tertiary/aromatic N) is 2. The average Bonchev–Trinajstić information content (AvgIpc) is 2.73. The Labute approximate surface area is 195 Å². The van der Waals surface area contributed by atoms with Crippen LogP contribution >= 0.6 is 11.6 Å². The molecule has 0 saturated carbocycles. The third-order valence-electron chi connectivity index (χ3n) is 5.05. The Morgan fingerprint density at radius 2 is 1.75 bits per heavy atom. The van der Waals surface area contributed by atoms with Gasteiger partial charge in [-0.05, 0) is 43.5 Å². The van der Waals surface area contributed by atoms with Crippen molar-refractivity contribution < 1.29 is 18.0 Å². The number of amides is 2. The largest absolute Gasteiger partial charge is 0.355 e. The number of likely N-dealkylation sites (N-methyl/N-ethyl adjacent to an activating group) is 1. The van der Waals surface area contributed by atoms with E-state index in [-0.39, 0.29) is 12.5 Å². The topological polar surface area (TPSA) is 86.8 Å². The van der Waals surface area contributed by atoms with E-state index in [1.807, 2.05) is 37.3 Å². The van der Waals surface area contributed by atoms with Crippen LogP contribution in [0.15, 0.2) is 48.5 Å². The van der Waals surface area contributed by atoms with Crippen molar-refractivity contribution in [2.45, 2.75) is 39.8 Å². The molecule has 2 amide bonds. The van der Waals surface area contributed by atoms with Crippen molar-refractivity contribution in [2.75, 3.05) is 23.7 Å². The molecule has 0 radical (unpaired) electrons. The fourth-order valence-corrected chi connectivity index (χ4v) is 4.50. The quantitative estimate of drug-likeness (QED) is 0.566. The maximum Gasteiger partial charge on any atom is 0.244 e. The SMILES string of the molecule is CCNC(=O)[C@@H](CC)N(Cc1ccccc1)C(=O)CN(c1cc(Cl)ccc1C)S(C)(=O)=O. The number of nitrogens with one attached hydrogen (secondary N) is 1. The molecule has 0 aliphatic carbocycles. The first-order chi connectivity index (χ1) is 15.1. The predicted octanol–water partition coefficient (Wildman–Crippen LogP) is 3.36. The predicted molar refractivity (Wildman–Crippen MR) is 128 cm³/mol. The van der Waals surface area contributed by atoms with E-state index in [0.717, 1.165) is 16.1 Å². The van der Waals surface area contributed by atoms with Gasteiger partial charge in [-0.15, -0.1) is 0 Å². The Balaban J connectivity index is 2.45. The van der Waals surface area contributed by atoms with Gasteiger partial charge in [0.05, 0.1) is 11.9 Å². The minimum atomic E-state index is -3.79. The van der Waals surface area contributed by atoms with Crippen LogP contribution in [0.5, 0.6) is 0 Å². The molecule has 0 aliphatic heterocycles. The van der Waals surface area contributed by atoms with E-state index in [2.05, 4.69) is 5.32 Å². The number of rotatable bonds is 10. The minimum absolute atomic E-state index is 0.182. The number of aryl methyl sites for hydroxylation is 1. The zero-order valence-corrected chi connectivity index (χ0v) is 20.4. The van der Waals surface area contributed by atoms with Crippen LogP contribution in [0.3, 0.4) is 0 Å². The van der Waals surface area contributed by atoms with Crippen LogP contribution < -0.4 is 9.62 Å². The third kappa shape index (κ3) is 6.71. The van der Waals surface area contributed by atoms with Crippen LogP contribution in [0, 0.1) is 6.92 Å². The fraction of sp³-hybridized carbons (Fsp3) is 0.391. The highest BCUT2D eigenvalue weighted by molar-refractivity contribution is 7.92. The van der Waals surface area contributed by atoms with Crippen molar-refractivity contribution in [3.8, 4) is 0 Å². The van der Waals surface area contributed by atoms with Crippen molar-refractivity contribution in [1.29, 1.82) is 0 Å². The normalized spacial score (nSPS) is 12.2. The van der Waals surface area contributed by atoms with Crippen LogP contribution in [0.4, 0.5) is 5.69 Å². The summed E-state index contributed by atoms with van der Waals surface area (Å²) in [5.41, 5.74) is 1.84. The van der Waals surface area contributed by atoms with Gasteiger partial charge >= 0.3 is 0 Å². The van der Waals surface area contributed by atoms with E-state index in [4.69, 9.17) is 11.6 Å². The van der Waals surface area contributed by atoms with Gasteiger partial charge in [0.2, 0.25) is 21.8 Å². The van der Waals surface area contributed by atoms with E-state index >= 15 is 0 Å². The van der Waals surface area contributed by atoms with Crippen molar-refractivity contribution in [2.24, 2.45) is 0 Å². The molecular weight excluding hydrogens is 450 g/mol. The second-order valence-corrected chi connectivity index (χ2v) is 9.87. The van der Waals surface area contributed by atoms with Crippen LogP contribution in [0.25, 0.3) is 0 Å². The number of hydrogen-bond donors (Lipinski definition) is 1. The van der Waals surface area contributed by atoms with Gasteiger partial charge in [0.15, 0.2) is 0 Å². The number of anilines is 1. The molecule has 1 atom stereocenters. The lowest BCUT2D eigenvalue weighted by molar-refractivity contribution is -0.140. The zero-order chi connectivity index (χ0) is 23.9. The van der Waals surface area contributed by atoms with Crippen molar-refractivity contribution >= 4 is 39.1 Å². The lowest BCUT2D eigenvalue weighted by Gasteiger charge is -2.33. The molecular formula is C23H30ClN3O4S. The molecule has 7 nitrogen and oxygen atoms in total. The molecule has 0 bridgehead atoms. The van der Waals surface area contributed by atoms with Gasteiger partial charge in [-0.2, -0.15) is 0 Å². The Morgan fingerprint density at radius 1 is 1.09 bits per heavy atom. The van der Waals surface area contributed by atoms with Gasteiger partial charge in [-0.1, -0.05) is 54.9 Å². The van der Waals surface area contributed by atoms with Gasteiger partial charge in [0.1, 0.15) is 12.6 Å².